The highest BCUT2D eigenvalue weighted by atomic mass is 79.9. The molecule has 24 heavy (non-hydrogen) atoms. The van der Waals surface area contributed by atoms with Crippen LogP contribution >= 0.6 is 15.9 Å². The smallest absolute Gasteiger partial charge is 0.395 e. The summed E-state index contributed by atoms with van der Waals surface area (Å²) in [5.74, 6) is -0.746. The molecule has 2 aromatic heterocycles. The third-order valence-electron chi connectivity index (χ3n) is 3.20. The van der Waals surface area contributed by atoms with Crippen molar-refractivity contribution in [1.29, 1.82) is 0 Å². The minimum absolute atomic E-state index is 0.141. The standard InChI is InChI=1S/C15H11BrN4O4/c16-11-3-1-10(2-4-11)9-19-13(7-8-17-19)18-15(21)12-5-6-14(24-12)20(22)23/h1-8H,9H2,(H,18,21). The van der Waals surface area contributed by atoms with Gasteiger partial charge in [0.25, 0.3) is 5.91 Å². The number of rotatable bonds is 5. The first-order valence-electron chi connectivity index (χ1n) is 6.85. The quantitative estimate of drug-likeness (QED) is 0.530. The lowest BCUT2D eigenvalue weighted by molar-refractivity contribution is -0.402. The molecule has 0 aliphatic carbocycles. The first kappa shape index (κ1) is 15.9. The van der Waals surface area contributed by atoms with Crippen LogP contribution in [-0.4, -0.2) is 20.6 Å². The second kappa shape index (κ2) is 6.67. The summed E-state index contributed by atoms with van der Waals surface area (Å²) in [6, 6.07) is 11.7. The molecule has 3 aromatic rings. The summed E-state index contributed by atoms with van der Waals surface area (Å²) < 4.78 is 7.46. The maximum atomic E-state index is 12.1. The van der Waals surface area contributed by atoms with Gasteiger partial charge in [-0.25, -0.2) is 4.68 Å². The van der Waals surface area contributed by atoms with Crippen LogP contribution in [-0.2, 0) is 6.54 Å². The second-order valence-electron chi connectivity index (χ2n) is 4.85. The van der Waals surface area contributed by atoms with Crippen molar-refractivity contribution < 1.29 is 14.1 Å². The van der Waals surface area contributed by atoms with E-state index in [9.17, 15) is 14.9 Å². The molecule has 122 valence electrons. The molecule has 0 bridgehead atoms. The fraction of sp³-hybridized carbons (Fsp3) is 0.0667. The summed E-state index contributed by atoms with van der Waals surface area (Å²) in [6.45, 7) is 0.466. The van der Waals surface area contributed by atoms with Crippen molar-refractivity contribution in [2.24, 2.45) is 0 Å². The molecule has 0 unspecified atom stereocenters. The van der Waals surface area contributed by atoms with Crippen LogP contribution in [0.1, 0.15) is 16.1 Å². The monoisotopic (exact) mass is 390 g/mol. The number of anilines is 1. The molecular formula is C15H11BrN4O4. The maximum Gasteiger partial charge on any atom is 0.433 e. The molecule has 0 spiro atoms. The van der Waals surface area contributed by atoms with Gasteiger partial charge in [-0.2, -0.15) is 5.10 Å². The number of furan rings is 1. The van der Waals surface area contributed by atoms with Crippen LogP contribution in [0.3, 0.4) is 0 Å². The fourth-order valence-corrected chi connectivity index (χ4v) is 2.32. The Morgan fingerprint density at radius 3 is 2.67 bits per heavy atom. The van der Waals surface area contributed by atoms with E-state index in [2.05, 4.69) is 26.3 Å². The molecule has 0 aliphatic rings. The van der Waals surface area contributed by atoms with E-state index >= 15 is 0 Å². The number of hydrogen-bond donors (Lipinski definition) is 1. The first-order valence-corrected chi connectivity index (χ1v) is 7.64. The third-order valence-corrected chi connectivity index (χ3v) is 3.73. The zero-order chi connectivity index (χ0) is 17.1. The minimum atomic E-state index is -0.700. The van der Waals surface area contributed by atoms with E-state index in [1.807, 2.05) is 24.3 Å². The first-order chi connectivity index (χ1) is 11.5. The van der Waals surface area contributed by atoms with E-state index in [1.165, 1.54) is 6.07 Å². The molecule has 0 atom stereocenters. The Bertz CT molecular complexity index is 885. The number of carbonyl (C=O) groups is 1. The summed E-state index contributed by atoms with van der Waals surface area (Å²) in [6.07, 6.45) is 1.55. The zero-order valence-corrected chi connectivity index (χ0v) is 13.8. The van der Waals surface area contributed by atoms with Gasteiger partial charge in [-0.05, 0) is 23.8 Å². The lowest BCUT2D eigenvalue weighted by Crippen LogP contribution is -2.15. The minimum Gasteiger partial charge on any atom is -0.395 e. The Labute approximate surface area is 144 Å². The Morgan fingerprint density at radius 1 is 1.25 bits per heavy atom. The number of amides is 1. The normalized spacial score (nSPS) is 10.5. The van der Waals surface area contributed by atoms with Crippen molar-refractivity contribution in [2.45, 2.75) is 6.54 Å². The molecule has 0 aliphatic heterocycles. The molecule has 2 heterocycles. The summed E-state index contributed by atoms with van der Waals surface area (Å²) in [7, 11) is 0. The number of halogens is 1. The maximum absolute atomic E-state index is 12.1. The number of nitrogens with one attached hydrogen (secondary N) is 1. The molecule has 3 rings (SSSR count). The van der Waals surface area contributed by atoms with Crippen LogP contribution in [0.15, 0.2) is 57.6 Å². The van der Waals surface area contributed by atoms with E-state index in [4.69, 9.17) is 4.42 Å². The van der Waals surface area contributed by atoms with Crippen LogP contribution < -0.4 is 5.32 Å². The van der Waals surface area contributed by atoms with Crippen molar-refractivity contribution >= 4 is 33.5 Å². The van der Waals surface area contributed by atoms with Crippen LogP contribution in [0.4, 0.5) is 11.7 Å². The molecular weight excluding hydrogens is 380 g/mol. The average Bonchev–Trinajstić information content (AvgIpc) is 3.19. The molecule has 9 heteroatoms. The zero-order valence-electron chi connectivity index (χ0n) is 12.2. The van der Waals surface area contributed by atoms with Gasteiger partial charge in [-0.3, -0.25) is 14.9 Å². The molecule has 0 saturated heterocycles. The number of benzene rings is 1. The van der Waals surface area contributed by atoms with Gasteiger partial charge in [-0.15, -0.1) is 0 Å². The van der Waals surface area contributed by atoms with Gasteiger partial charge in [0.15, 0.2) is 5.76 Å². The highest BCUT2D eigenvalue weighted by molar-refractivity contribution is 9.10. The largest absolute Gasteiger partial charge is 0.433 e. The van der Waals surface area contributed by atoms with Crippen LogP contribution in [0.25, 0.3) is 0 Å². The number of hydrogen-bond acceptors (Lipinski definition) is 5. The van der Waals surface area contributed by atoms with Crippen LogP contribution in [0.5, 0.6) is 0 Å². The number of nitro groups is 1. The highest BCUT2D eigenvalue weighted by Crippen LogP contribution is 2.18. The molecule has 8 nitrogen and oxygen atoms in total. The SMILES string of the molecule is O=C(Nc1ccnn1Cc1ccc(Br)cc1)c1ccc([N+](=O)[O-])o1. The van der Waals surface area contributed by atoms with E-state index in [0.29, 0.717) is 12.4 Å². The van der Waals surface area contributed by atoms with Crippen molar-refractivity contribution in [3.63, 3.8) is 0 Å². The van der Waals surface area contributed by atoms with Gasteiger partial charge < -0.3 is 9.73 Å². The number of aromatic nitrogens is 2. The average molecular weight is 391 g/mol. The molecule has 0 fully saturated rings. The summed E-state index contributed by atoms with van der Waals surface area (Å²) in [4.78, 5) is 22.0. The van der Waals surface area contributed by atoms with Gasteiger partial charge in [-0.1, -0.05) is 28.1 Å². The summed E-state index contributed by atoms with van der Waals surface area (Å²) in [5, 5.41) is 17.4. The van der Waals surface area contributed by atoms with Gasteiger partial charge in [0.05, 0.1) is 18.8 Å². The predicted octanol–water partition coefficient (Wildman–Crippen LogP) is 3.45. The Balaban J connectivity index is 1.73. The third kappa shape index (κ3) is 3.51. The van der Waals surface area contributed by atoms with Crippen molar-refractivity contribution in [3.8, 4) is 0 Å². The van der Waals surface area contributed by atoms with E-state index in [-0.39, 0.29) is 5.76 Å². The van der Waals surface area contributed by atoms with E-state index in [0.717, 1.165) is 16.1 Å². The van der Waals surface area contributed by atoms with Crippen LogP contribution in [0, 0.1) is 10.1 Å². The predicted molar refractivity (Wildman–Crippen MR) is 88.8 cm³/mol. The Hall–Kier alpha value is -2.94. The van der Waals surface area contributed by atoms with Crippen LogP contribution in [0.2, 0.25) is 0 Å². The summed E-state index contributed by atoms with van der Waals surface area (Å²) >= 11 is 3.37. The van der Waals surface area contributed by atoms with Crippen molar-refractivity contribution in [3.05, 3.63) is 74.6 Å². The fourth-order valence-electron chi connectivity index (χ4n) is 2.05. The number of carbonyl (C=O) groups excluding carboxylic acids is 1. The number of nitrogens with zero attached hydrogens (tertiary/aromatic N) is 3. The van der Waals surface area contributed by atoms with E-state index < -0.39 is 16.7 Å². The molecule has 1 N–H and O–H groups in total. The second-order valence-corrected chi connectivity index (χ2v) is 5.77. The topological polar surface area (TPSA) is 103 Å². The molecule has 0 saturated carbocycles. The van der Waals surface area contributed by atoms with Gasteiger partial charge in [0.2, 0.25) is 0 Å². The lowest BCUT2D eigenvalue weighted by Gasteiger charge is -2.08. The molecule has 1 amide bonds. The Kier molecular flexibility index (Phi) is 4.43. The van der Waals surface area contributed by atoms with Gasteiger partial charge in [0.1, 0.15) is 10.7 Å². The molecule has 1 aromatic carbocycles. The van der Waals surface area contributed by atoms with E-state index in [1.54, 1.807) is 16.9 Å². The highest BCUT2D eigenvalue weighted by Gasteiger charge is 2.18. The van der Waals surface area contributed by atoms with Crippen molar-refractivity contribution in [2.75, 3.05) is 5.32 Å². The van der Waals surface area contributed by atoms with Crippen molar-refractivity contribution in [1.82, 2.24) is 9.78 Å². The molecule has 0 radical (unpaired) electrons. The van der Waals surface area contributed by atoms with Gasteiger partial charge in [0, 0.05) is 10.5 Å². The Morgan fingerprint density at radius 2 is 2.00 bits per heavy atom. The summed E-state index contributed by atoms with van der Waals surface area (Å²) in [5.41, 5.74) is 1.01. The van der Waals surface area contributed by atoms with Gasteiger partial charge >= 0.3 is 5.88 Å². The lowest BCUT2D eigenvalue weighted by atomic mass is 10.2.